The summed E-state index contributed by atoms with van der Waals surface area (Å²) in [6.07, 6.45) is 1.60. The molecular weight excluding hydrogens is 432 g/mol. The summed E-state index contributed by atoms with van der Waals surface area (Å²) in [5, 5.41) is 0. The lowest BCUT2D eigenvalue weighted by Gasteiger charge is -2.25. The average molecular weight is 461 g/mol. The van der Waals surface area contributed by atoms with Gasteiger partial charge in [-0.1, -0.05) is 48.5 Å². The second-order valence-corrected chi connectivity index (χ2v) is 9.66. The monoisotopic (exact) mass is 460 g/mol. The number of ether oxygens (including phenoxy) is 2. The van der Waals surface area contributed by atoms with Gasteiger partial charge >= 0.3 is 0 Å². The second kappa shape index (κ2) is 8.56. The lowest BCUT2D eigenvalue weighted by molar-refractivity contribution is 0.411. The highest BCUT2D eigenvalue weighted by atomic mass is 16.6. The number of benzene rings is 4. The summed E-state index contributed by atoms with van der Waals surface area (Å²) in [6, 6.07) is 35.1. The molecule has 2 heterocycles. The van der Waals surface area contributed by atoms with Crippen LogP contribution in [0.5, 0.6) is 0 Å². The minimum Gasteiger partial charge on any atom is -0.371 e. The average Bonchev–Trinajstić information content (AvgIpc) is 3.85. The van der Waals surface area contributed by atoms with Gasteiger partial charge in [-0.2, -0.15) is 0 Å². The quantitative estimate of drug-likeness (QED) is 0.253. The van der Waals surface area contributed by atoms with Crippen molar-refractivity contribution >= 4 is 22.7 Å². The highest BCUT2D eigenvalue weighted by molar-refractivity contribution is 5.82. The molecular formula is C31H28N2O2. The fourth-order valence-electron chi connectivity index (χ4n) is 5.21. The molecule has 7 rings (SSSR count). The predicted octanol–water partition coefficient (Wildman–Crippen LogP) is 6.33. The molecule has 2 aliphatic heterocycles. The lowest BCUT2D eigenvalue weighted by atomic mass is 10.0. The van der Waals surface area contributed by atoms with Gasteiger partial charge in [-0.25, -0.2) is 0 Å². The summed E-state index contributed by atoms with van der Waals surface area (Å²) in [6.45, 7) is 3.48. The van der Waals surface area contributed by atoms with E-state index in [4.69, 9.17) is 9.47 Å². The van der Waals surface area contributed by atoms with E-state index in [0.29, 0.717) is 12.2 Å². The van der Waals surface area contributed by atoms with Crippen molar-refractivity contribution in [3.05, 3.63) is 108 Å². The Morgan fingerprint density at radius 1 is 0.543 bits per heavy atom. The van der Waals surface area contributed by atoms with Gasteiger partial charge in [-0.15, -0.1) is 0 Å². The minimum atomic E-state index is 0.322. The number of hydrogen-bond acceptors (Lipinski definition) is 4. The van der Waals surface area contributed by atoms with Crippen molar-refractivity contribution in [3.63, 3.8) is 0 Å². The molecule has 0 N–H and O–H groups in total. The minimum absolute atomic E-state index is 0.322. The SMILES string of the molecule is c1ccc(N(CC2CO2)c2ccc3c(c2)Cc2cc(N(CC4CO4)c4ccccc4)ccc2-3)cc1. The normalized spacial score (nSPS) is 19.1. The van der Waals surface area contributed by atoms with Crippen molar-refractivity contribution in [1.82, 2.24) is 0 Å². The van der Waals surface area contributed by atoms with Crippen LogP contribution in [0, 0.1) is 0 Å². The zero-order chi connectivity index (χ0) is 23.2. The molecule has 4 aromatic carbocycles. The fraction of sp³-hybridized carbons (Fsp3) is 0.226. The number of anilines is 4. The molecule has 35 heavy (non-hydrogen) atoms. The van der Waals surface area contributed by atoms with Gasteiger partial charge in [0.05, 0.1) is 38.5 Å². The second-order valence-electron chi connectivity index (χ2n) is 9.66. The molecule has 2 atom stereocenters. The Hall–Kier alpha value is -3.60. The van der Waals surface area contributed by atoms with E-state index in [1.807, 2.05) is 0 Å². The van der Waals surface area contributed by atoms with Crippen molar-refractivity contribution in [1.29, 1.82) is 0 Å². The van der Waals surface area contributed by atoms with Crippen LogP contribution in [0.2, 0.25) is 0 Å². The fourth-order valence-corrected chi connectivity index (χ4v) is 5.21. The zero-order valence-electron chi connectivity index (χ0n) is 19.6. The Morgan fingerprint density at radius 2 is 0.971 bits per heavy atom. The third-order valence-electron chi connectivity index (χ3n) is 7.18. The van der Waals surface area contributed by atoms with E-state index in [9.17, 15) is 0 Å². The first kappa shape index (κ1) is 20.7. The van der Waals surface area contributed by atoms with Crippen molar-refractivity contribution in [2.24, 2.45) is 0 Å². The Morgan fingerprint density at radius 3 is 1.37 bits per heavy atom. The maximum atomic E-state index is 5.57. The van der Waals surface area contributed by atoms with Crippen molar-refractivity contribution < 1.29 is 9.47 Å². The maximum Gasteiger partial charge on any atom is 0.0988 e. The first-order chi connectivity index (χ1) is 17.3. The predicted molar refractivity (Wildman–Crippen MR) is 141 cm³/mol. The smallest absolute Gasteiger partial charge is 0.0988 e. The maximum absolute atomic E-state index is 5.57. The number of epoxide rings is 2. The summed E-state index contributed by atoms with van der Waals surface area (Å²) in [7, 11) is 0. The Labute approximate surface area is 206 Å². The van der Waals surface area contributed by atoms with Crippen LogP contribution < -0.4 is 9.80 Å². The highest BCUT2D eigenvalue weighted by Gasteiger charge is 2.29. The summed E-state index contributed by atoms with van der Waals surface area (Å²) < 4.78 is 11.1. The van der Waals surface area contributed by atoms with Crippen LogP contribution in [0.4, 0.5) is 22.7 Å². The van der Waals surface area contributed by atoms with Crippen LogP contribution in [0.25, 0.3) is 11.1 Å². The van der Waals surface area contributed by atoms with Gasteiger partial charge in [-0.3, -0.25) is 0 Å². The van der Waals surface area contributed by atoms with Gasteiger partial charge in [-0.05, 0) is 77.2 Å². The number of para-hydroxylation sites is 2. The lowest BCUT2D eigenvalue weighted by Crippen LogP contribution is -2.22. The zero-order valence-corrected chi connectivity index (χ0v) is 19.6. The Kier molecular flexibility index (Phi) is 5.07. The van der Waals surface area contributed by atoms with Crippen molar-refractivity contribution in [2.45, 2.75) is 18.6 Å². The molecule has 1 aliphatic carbocycles. The standard InChI is InChI=1S/C31H28N2O2/c1-3-7-24(8-4-1)32(18-28-20-34-28)26-11-13-30-22(16-26)15-23-17-27(12-14-31(23)30)33(19-29-21-35-29)25-9-5-2-6-10-25/h1-14,16-17,28-29H,15,18-21H2. The van der Waals surface area contributed by atoms with Gasteiger partial charge in [0.15, 0.2) is 0 Å². The third kappa shape index (κ3) is 4.20. The Bertz CT molecular complexity index is 1240. The molecule has 0 bridgehead atoms. The van der Waals surface area contributed by atoms with Crippen molar-refractivity contribution in [3.8, 4) is 11.1 Å². The van der Waals surface area contributed by atoms with Gasteiger partial charge in [0.25, 0.3) is 0 Å². The molecule has 2 fully saturated rings. The van der Waals surface area contributed by atoms with Crippen LogP contribution in [0.3, 0.4) is 0 Å². The third-order valence-corrected chi connectivity index (χ3v) is 7.18. The van der Waals surface area contributed by atoms with Crippen molar-refractivity contribution in [2.75, 3.05) is 36.1 Å². The largest absolute Gasteiger partial charge is 0.371 e. The molecule has 4 aromatic rings. The first-order valence-electron chi connectivity index (χ1n) is 12.5. The number of rotatable bonds is 8. The van der Waals surface area contributed by atoms with E-state index in [0.717, 1.165) is 32.7 Å². The molecule has 0 radical (unpaired) electrons. The van der Waals surface area contributed by atoms with Crippen LogP contribution in [0.1, 0.15) is 11.1 Å². The number of hydrogen-bond donors (Lipinski definition) is 0. The van der Waals surface area contributed by atoms with E-state index in [1.54, 1.807) is 0 Å². The molecule has 2 saturated heterocycles. The molecule has 4 heteroatoms. The van der Waals surface area contributed by atoms with Crippen LogP contribution in [0.15, 0.2) is 97.1 Å². The van der Waals surface area contributed by atoms with Crippen LogP contribution in [-0.4, -0.2) is 38.5 Å². The molecule has 174 valence electrons. The molecule has 3 aliphatic rings. The van der Waals surface area contributed by atoms with Gasteiger partial charge in [0, 0.05) is 22.7 Å². The number of fused-ring (bicyclic) bond motifs is 3. The van der Waals surface area contributed by atoms with E-state index >= 15 is 0 Å². The Balaban J connectivity index is 1.20. The molecule has 2 unspecified atom stereocenters. The number of nitrogens with zero attached hydrogens (tertiary/aromatic N) is 2. The van der Waals surface area contributed by atoms with Gasteiger partial charge < -0.3 is 19.3 Å². The summed E-state index contributed by atoms with van der Waals surface area (Å²) in [4.78, 5) is 4.78. The van der Waals surface area contributed by atoms with E-state index in [1.165, 1.54) is 45.0 Å². The topological polar surface area (TPSA) is 31.5 Å². The van der Waals surface area contributed by atoms with Gasteiger partial charge in [0.1, 0.15) is 0 Å². The van der Waals surface area contributed by atoms with E-state index < -0.39 is 0 Å². The van der Waals surface area contributed by atoms with E-state index in [-0.39, 0.29) is 0 Å². The summed E-state index contributed by atoms with van der Waals surface area (Å²) >= 11 is 0. The van der Waals surface area contributed by atoms with Crippen LogP contribution >= 0.6 is 0 Å². The molecule has 0 spiro atoms. The van der Waals surface area contributed by atoms with Gasteiger partial charge in [0.2, 0.25) is 0 Å². The molecule has 0 saturated carbocycles. The molecule has 0 aromatic heterocycles. The van der Waals surface area contributed by atoms with Crippen LogP contribution in [-0.2, 0) is 15.9 Å². The molecule has 4 nitrogen and oxygen atoms in total. The summed E-state index contributed by atoms with van der Waals surface area (Å²) in [5.74, 6) is 0. The highest BCUT2D eigenvalue weighted by Crippen LogP contribution is 2.42. The summed E-state index contributed by atoms with van der Waals surface area (Å²) in [5.41, 5.74) is 10.4. The van der Waals surface area contributed by atoms with E-state index in [2.05, 4.69) is 107 Å². The molecule has 0 amide bonds. The first-order valence-corrected chi connectivity index (χ1v) is 12.5.